The second-order valence-electron chi connectivity index (χ2n) is 6.19. The Labute approximate surface area is 136 Å². The molecule has 0 unspecified atom stereocenters. The van der Waals surface area contributed by atoms with Crippen LogP contribution >= 0.6 is 0 Å². The van der Waals surface area contributed by atoms with E-state index >= 15 is 0 Å². The minimum Gasteiger partial charge on any atom is -0.491 e. The van der Waals surface area contributed by atoms with E-state index in [2.05, 4.69) is 5.10 Å². The van der Waals surface area contributed by atoms with Gasteiger partial charge in [0.25, 0.3) is 5.91 Å². The highest BCUT2D eigenvalue weighted by Gasteiger charge is 2.31. The number of hydrogen-bond donors (Lipinski definition) is 0. The average molecular weight is 313 g/mol. The molecule has 1 aromatic carbocycles. The predicted octanol–water partition coefficient (Wildman–Crippen LogP) is 3.15. The molecule has 0 N–H and O–H groups in total. The molecule has 1 amide bonds. The topological polar surface area (TPSA) is 47.4 Å². The van der Waals surface area contributed by atoms with Crippen LogP contribution in [0.5, 0.6) is 5.75 Å². The molecule has 1 aliphatic heterocycles. The van der Waals surface area contributed by atoms with E-state index in [-0.39, 0.29) is 18.0 Å². The summed E-state index contributed by atoms with van der Waals surface area (Å²) in [5.41, 5.74) is 0.519. The van der Waals surface area contributed by atoms with Crippen LogP contribution in [0.4, 0.5) is 0 Å². The van der Waals surface area contributed by atoms with Crippen LogP contribution in [-0.2, 0) is 0 Å². The van der Waals surface area contributed by atoms with Gasteiger partial charge in [0.2, 0.25) is 0 Å². The van der Waals surface area contributed by atoms with Crippen LogP contribution < -0.4 is 4.74 Å². The number of hydrogen-bond acceptors (Lipinski definition) is 3. The Hall–Kier alpha value is -2.30. The smallest absolute Gasteiger partial charge is 0.274 e. The Kier molecular flexibility index (Phi) is 4.65. The molecule has 2 aromatic rings. The second kappa shape index (κ2) is 6.86. The molecule has 0 bridgehead atoms. The Balaban J connectivity index is 1.64. The van der Waals surface area contributed by atoms with Gasteiger partial charge in [-0.3, -0.25) is 9.48 Å². The number of amides is 1. The Morgan fingerprint density at radius 2 is 2.09 bits per heavy atom. The molecule has 1 aromatic heterocycles. The first-order valence-corrected chi connectivity index (χ1v) is 8.19. The molecule has 5 nitrogen and oxygen atoms in total. The van der Waals surface area contributed by atoms with E-state index in [1.165, 1.54) is 0 Å². The average Bonchev–Trinajstić information content (AvgIpc) is 3.22. The van der Waals surface area contributed by atoms with Crippen LogP contribution in [0.2, 0.25) is 0 Å². The van der Waals surface area contributed by atoms with Crippen molar-refractivity contribution in [2.75, 3.05) is 13.2 Å². The Morgan fingerprint density at radius 1 is 1.30 bits per heavy atom. The van der Waals surface area contributed by atoms with Gasteiger partial charge in [0.1, 0.15) is 18.1 Å². The fraction of sp³-hybridized carbons (Fsp3) is 0.444. The summed E-state index contributed by atoms with van der Waals surface area (Å²) >= 11 is 0. The second-order valence-corrected chi connectivity index (χ2v) is 6.19. The molecule has 1 fully saturated rings. The van der Waals surface area contributed by atoms with Crippen LogP contribution in [0.3, 0.4) is 0 Å². The van der Waals surface area contributed by atoms with Gasteiger partial charge in [-0.2, -0.15) is 5.10 Å². The Bertz CT molecular complexity index is 651. The summed E-state index contributed by atoms with van der Waals surface area (Å²) in [6.45, 7) is 5.40. The molecule has 1 aliphatic rings. The van der Waals surface area contributed by atoms with Crippen molar-refractivity contribution in [2.45, 2.75) is 38.8 Å². The Morgan fingerprint density at radius 3 is 2.78 bits per heavy atom. The van der Waals surface area contributed by atoms with Crippen LogP contribution in [-0.4, -0.2) is 39.8 Å². The molecule has 0 spiro atoms. The molecule has 2 heterocycles. The third kappa shape index (κ3) is 3.55. The van der Waals surface area contributed by atoms with Crippen molar-refractivity contribution < 1.29 is 9.53 Å². The van der Waals surface area contributed by atoms with Gasteiger partial charge in [-0.15, -0.1) is 0 Å². The minimum atomic E-state index is 0.00330. The number of nitrogens with zero attached hydrogens (tertiary/aromatic N) is 3. The number of carbonyl (C=O) groups excluding carboxylic acids is 1. The first kappa shape index (κ1) is 15.6. The number of likely N-dealkylation sites (tertiary alicyclic amines) is 1. The molecular formula is C18H23N3O2. The normalized spacial score (nSPS) is 17.7. The maximum Gasteiger partial charge on any atom is 0.274 e. The standard InChI is InChI=1S/C18H23N3O2/c1-14(2)21-12-10-17(19-21)18(22)20-11-6-7-15(20)13-23-16-8-4-3-5-9-16/h3-5,8-10,12,14-15H,6-7,11,13H2,1-2H3/t15-/m0/s1. The summed E-state index contributed by atoms with van der Waals surface area (Å²) in [6.07, 6.45) is 3.85. The van der Waals surface area contributed by atoms with Crippen LogP contribution in [0.1, 0.15) is 43.2 Å². The van der Waals surface area contributed by atoms with E-state index in [9.17, 15) is 4.79 Å². The SMILES string of the molecule is CC(C)n1ccc(C(=O)N2CCC[C@H]2COc2ccccc2)n1. The lowest BCUT2D eigenvalue weighted by molar-refractivity contribution is 0.0684. The predicted molar refractivity (Wildman–Crippen MR) is 88.6 cm³/mol. The van der Waals surface area contributed by atoms with E-state index in [0.29, 0.717) is 12.3 Å². The lowest BCUT2D eigenvalue weighted by atomic mass is 10.2. The lowest BCUT2D eigenvalue weighted by Crippen LogP contribution is -2.39. The highest BCUT2D eigenvalue weighted by molar-refractivity contribution is 5.92. The lowest BCUT2D eigenvalue weighted by Gasteiger charge is -2.24. The van der Waals surface area contributed by atoms with Gasteiger partial charge < -0.3 is 9.64 Å². The molecule has 1 saturated heterocycles. The van der Waals surface area contributed by atoms with E-state index in [1.807, 2.05) is 60.0 Å². The quantitative estimate of drug-likeness (QED) is 0.852. The number of benzene rings is 1. The van der Waals surface area contributed by atoms with E-state index in [1.54, 1.807) is 6.07 Å². The maximum atomic E-state index is 12.7. The third-order valence-corrected chi connectivity index (χ3v) is 4.18. The summed E-state index contributed by atoms with van der Waals surface area (Å²) in [5, 5.41) is 4.39. The largest absolute Gasteiger partial charge is 0.491 e. The van der Waals surface area contributed by atoms with Gasteiger partial charge in [0.15, 0.2) is 0 Å². The van der Waals surface area contributed by atoms with E-state index in [4.69, 9.17) is 4.74 Å². The summed E-state index contributed by atoms with van der Waals surface area (Å²) in [6, 6.07) is 11.9. The van der Waals surface area contributed by atoms with Crippen molar-refractivity contribution >= 4 is 5.91 Å². The minimum absolute atomic E-state index is 0.00330. The number of rotatable bonds is 5. The van der Waals surface area contributed by atoms with Gasteiger partial charge in [0.05, 0.1) is 6.04 Å². The monoisotopic (exact) mass is 313 g/mol. The number of para-hydroxylation sites is 1. The summed E-state index contributed by atoms with van der Waals surface area (Å²) in [7, 11) is 0. The number of carbonyl (C=O) groups is 1. The molecule has 0 aliphatic carbocycles. The molecule has 122 valence electrons. The molecule has 0 radical (unpaired) electrons. The molecule has 3 rings (SSSR count). The van der Waals surface area contributed by atoms with Gasteiger partial charge in [-0.1, -0.05) is 18.2 Å². The zero-order valence-electron chi connectivity index (χ0n) is 13.7. The highest BCUT2D eigenvalue weighted by atomic mass is 16.5. The molecular weight excluding hydrogens is 290 g/mol. The molecule has 1 atom stereocenters. The van der Waals surface area contributed by atoms with E-state index < -0.39 is 0 Å². The molecule has 5 heteroatoms. The van der Waals surface area contributed by atoms with Crippen molar-refractivity contribution in [3.63, 3.8) is 0 Å². The van der Waals surface area contributed by atoms with Crippen molar-refractivity contribution in [2.24, 2.45) is 0 Å². The van der Waals surface area contributed by atoms with Gasteiger partial charge in [-0.25, -0.2) is 0 Å². The molecule has 0 saturated carbocycles. The van der Waals surface area contributed by atoms with Crippen molar-refractivity contribution in [3.05, 3.63) is 48.3 Å². The maximum absolute atomic E-state index is 12.7. The first-order chi connectivity index (χ1) is 11.1. The van der Waals surface area contributed by atoms with Crippen molar-refractivity contribution in [1.29, 1.82) is 0 Å². The zero-order chi connectivity index (χ0) is 16.2. The van der Waals surface area contributed by atoms with Crippen molar-refractivity contribution in [1.82, 2.24) is 14.7 Å². The summed E-state index contributed by atoms with van der Waals surface area (Å²) < 4.78 is 7.65. The van der Waals surface area contributed by atoms with Crippen LogP contribution in [0, 0.1) is 0 Å². The third-order valence-electron chi connectivity index (χ3n) is 4.18. The van der Waals surface area contributed by atoms with Crippen LogP contribution in [0.25, 0.3) is 0 Å². The van der Waals surface area contributed by atoms with Gasteiger partial charge in [0, 0.05) is 18.8 Å². The van der Waals surface area contributed by atoms with Crippen molar-refractivity contribution in [3.8, 4) is 5.75 Å². The number of ether oxygens (including phenoxy) is 1. The highest BCUT2D eigenvalue weighted by Crippen LogP contribution is 2.21. The molecule has 23 heavy (non-hydrogen) atoms. The first-order valence-electron chi connectivity index (χ1n) is 8.19. The van der Waals surface area contributed by atoms with E-state index in [0.717, 1.165) is 25.1 Å². The number of aromatic nitrogens is 2. The van der Waals surface area contributed by atoms with Crippen LogP contribution in [0.15, 0.2) is 42.6 Å². The zero-order valence-corrected chi connectivity index (χ0v) is 13.7. The fourth-order valence-corrected chi connectivity index (χ4v) is 2.87. The fourth-order valence-electron chi connectivity index (χ4n) is 2.87. The summed E-state index contributed by atoms with van der Waals surface area (Å²) in [5.74, 6) is 0.847. The summed E-state index contributed by atoms with van der Waals surface area (Å²) in [4.78, 5) is 14.6. The van der Waals surface area contributed by atoms with Gasteiger partial charge >= 0.3 is 0 Å². The van der Waals surface area contributed by atoms with Gasteiger partial charge in [-0.05, 0) is 44.9 Å².